The summed E-state index contributed by atoms with van der Waals surface area (Å²) >= 11 is 0. The Balaban J connectivity index is 1.99. The molecule has 2 rings (SSSR count). The van der Waals surface area contributed by atoms with Crippen LogP contribution in [0.2, 0.25) is 0 Å². The largest absolute Gasteiger partial charge is 0.392 e. The molecule has 1 heterocycles. The minimum absolute atomic E-state index is 0.0842. The van der Waals surface area contributed by atoms with Gasteiger partial charge in [0.15, 0.2) is 0 Å². The Morgan fingerprint density at radius 2 is 2.12 bits per heavy atom. The molecule has 3 nitrogen and oxygen atoms in total. The lowest BCUT2D eigenvalue weighted by molar-refractivity contribution is 0.282. The molecule has 1 aromatic carbocycles. The van der Waals surface area contributed by atoms with Gasteiger partial charge in [0.05, 0.1) is 6.61 Å². The van der Waals surface area contributed by atoms with Crippen LogP contribution in [-0.2, 0) is 20.2 Å². The molecule has 0 aliphatic carbocycles. The predicted octanol–water partition coefficient (Wildman–Crippen LogP) is 2.13. The average molecular weight is 216 g/mol. The fourth-order valence-corrected chi connectivity index (χ4v) is 1.65. The number of aromatic nitrogens is 1. The number of anilines is 1. The van der Waals surface area contributed by atoms with E-state index in [0.717, 1.165) is 17.8 Å². The lowest BCUT2D eigenvalue weighted by Gasteiger charge is -2.06. The van der Waals surface area contributed by atoms with Gasteiger partial charge < -0.3 is 15.0 Å². The number of aryl methyl sites for hydroxylation is 1. The van der Waals surface area contributed by atoms with Crippen LogP contribution < -0.4 is 5.32 Å². The first-order valence-corrected chi connectivity index (χ1v) is 5.32. The second-order valence-corrected chi connectivity index (χ2v) is 3.90. The molecule has 16 heavy (non-hydrogen) atoms. The molecule has 0 radical (unpaired) electrons. The number of aliphatic hydroxyl groups is 1. The topological polar surface area (TPSA) is 37.2 Å². The quantitative estimate of drug-likeness (QED) is 0.821. The molecule has 2 aromatic rings. The van der Waals surface area contributed by atoms with E-state index in [1.165, 1.54) is 5.56 Å². The molecule has 1 aromatic heterocycles. The zero-order chi connectivity index (χ0) is 11.4. The van der Waals surface area contributed by atoms with E-state index < -0.39 is 0 Å². The summed E-state index contributed by atoms with van der Waals surface area (Å²) in [5.74, 6) is 0. The fraction of sp³-hybridized carbons (Fsp3) is 0.231. The van der Waals surface area contributed by atoms with E-state index in [1.807, 2.05) is 42.1 Å². The van der Waals surface area contributed by atoms with Crippen molar-refractivity contribution >= 4 is 5.69 Å². The van der Waals surface area contributed by atoms with E-state index in [4.69, 9.17) is 5.11 Å². The highest BCUT2D eigenvalue weighted by Crippen LogP contribution is 2.12. The van der Waals surface area contributed by atoms with Gasteiger partial charge in [-0.05, 0) is 29.3 Å². The van der Waals surface area contributed by atoms with Gasteiger partial charge in [0.2, 0.25) is 0 Å². The van der Waals surface area contributed by atoms with Crippen LogP contribution in [0.15, 0.2) is 42.7 Å². The van der Waals surface area contributed by atoms with Crippen LogP contribution in [0, 0.1) is 0 Å². The fourth-order valence-electron chi connectivity index (χ4n) is 1.65. The van der Waals surface area contributed by atoms with Crippen molar-refractivity contribution < 1.29 is 5.11 Å². The third-order valence-electron chi connectivity index (χ3n) is 2.50. The van der Waals surface area contributed by atoms with Gasteiger partial charge >= 0.3 is 0 Å². The Bertz CT molecular complexity index is 462. The number of hydrogen-bond acceptors (Lipinski definition) is 2. The maximum absolute atomic E-state index is 9.02. The Kier molecular flexibility index (Phi) is 3.27. The molecule has 2 N–H and O–H groups in total. The van der Waals surface area contributed by atoms with E-state index in [-0.39, 0.29) is 6.61 Å². The van der Waals surface area contributed by atoms with Crippen molar-refractivity contribution in [3.05, 3.63) is 53.9 Å². The van der Waals surface area contributed by atoms with Crippen molar-refractivity contribution in [3.63, 3.8) is 0 Å². The summed E-state index contributed by atoms with van der Waals surface area (Å²) in [6.45, 7) is 0.885. The summed E-state index contributed by atoms with van der Waals surface area (Å²) in [5.41, 5.74) is 3.21. The molecule has 0 aliphatic rings. The van der Waals surface area contributed by atoms with Gasteiger partial charge in [-0.1, -0.05) is 12.1 Å². The van der Waals surface area contributed by atoms with Crippen molar-refractivity contribution in [2.24, 2.45) is 7.05 Å². The number of nitrogens with zero attached hydrogens (tertiary/aromatic N) is 1. The van der Waals surface area contributed by atoms with Crippen molar-refractivity contribution in [1.82, 2.24) is 4.57 Å². The molecule has 0 fully saturated rings. The molecular formula is C13H16N2O. The molecule has 0 unspecified atom stereocenters. The predicted molar refractivity (Wildman–Crippen MR) is 65.1 cm³/mol. The van der Waals surface area contributed by atoms with Crippen LogP contribution in [0.4, 0.5) is 5.69 Å². The average Bonchev–Trinajstić information content (AvgIpc) is 2.73. The number of nitrogens with one attached hydrogen (secondary N) is 1. The molecule has 0 saturated carbocycles. The van der Waals surface area contributed by atoms with Gasteiger partial charge in [-0.25, -0.2) is 0 Å². The second-order valence-electron chi connectivity index (χ2n) is 3.90. The molecule has 0 bridgehead atoms. The number of rotatable bonds is 4. The highest BCUT2D eigenvalue weighted by Gasteiger charge is 1.96. The second kappa shape index (κ2) is 4.86. The maximum Gasteiger partial charge on any atom is 0.0682 e. The van der Waals surface area contributed by atoms with Crippen molar-refractivity contribution in [2.45, 2.75) is 13.2 Å². The summed E-state index contributed by atoms with van der Waals surface area (Å²) in [6.07, 6.45) is 4.12. The zero-order valence-electron chi connectivity index (χ0n) is 9.35. The van der Waals surface area contributed by atoms with Gasteiger partial charge in [0.25, 0.3) is 0 Å². The third-order valence-corrected chi connectivity index (χ3v) is 2.50. The van der Waals surface area contributed by atoms with E-state index >= 15 is 0 Å². The van der Waals surface area contributed by atoms with Crippen LogP contribution in [0.3, 0.4) is 0 Å². The van der Waals surface area contributed by atoms with Crippen LogP contribution in [0.5, 0.6) is 0 Å². The van der Waals surface area contributed by atoms with Gasteiger partial charge in [-0.3, -0.25) is 0 Å². The first-order valence-electron chi connectivity index (χ1n) is 5.32. The molecule has 0 atom stereocenters. The summed E-state index contributed by atoms with van der Waals surface area (Å²) in [6, 6.07) is 9.90. The highest BCUT2D eigenvalue weighted by atomic mass is 16.3. The summed E-state index contributed by atoms with van der Waals surface area (Å²) < 4.78 is 2.03. The minimum Gasteiger partial charge on any atom is -0.392 e. The van der Waals surface area contributed by atoms with Crippen molar-refractivity contribution in [1.29, 1.82) is 0 Å². The van der Waals surface area contributed by atoms with Crippen LogP contribution in [0.25, 0.3) is 0 Å². The monoisotopic (exact) mass is 216 g/mol. The van der Waals surface area contributed by atoms with Crippen molar-refractivity contribution in [2.75, 3.05) is 5.32 Å². The van der Waals surface area contributed by atoms with Crippen LogP contribution in [0.1, 0.15) is 11.1 Å². The molecule has 3 heteroatoms. The molecule has 84 valence electrons. The van der Waals surface area contributed by atoms with Crippen molar-refractivity contribution in [3.8, 4) is 0 Å². The SMILES string of the molecule is Cn1ccc(CNc2cccc(CO)c2)c1. The Morgan fingerprint density at radius 1 is 1.25 bits per heavy atom. The molecule has 0 amide bonds. The van der Waals surface area contributed by atoms with Gasteiger partial charge in [-0.2, -0.15) is 0 Å². The first-order chi connectivity index (χ1) is 7.78. The Hall–Kier alpha value is -1.74. The van der Waals surface area contributed by atoms with E-state index in [1.54, 1.807) is 0 Å². The molecule has 0 aliphatic heterocycles. The molecule has 0 spiro atoms. The van der Waals surface area contributed by atoms with Gasteiger partial charge in [0.1, 0.15) is 0 Å². The van der Waals surface area contributed by atoms with Crippen LogP contribution >= 0.6 is 0 Å². The van der Waals surface area contributed by atoms with Gasteiger partial charge in [-0.15, -0.1) is 0 Å². The normalized spacial score (nSPS) is 10.4. The van der Waals surface area contributed by atoms with E-state index in [9.17, 15) is 0 Å². The Morgan fingerprint density at radius 3 is 2.81 bits per heavy atom. The lowest BCUT2D eigenvalue weighted by atomic mass is 10.2. The summed E-state index contributed by atoms with van der Waals surface area (Å²) in [7, 11) is 2.01. The smallest absolute Gasteiger partial charge is 0.0682 e. The number of aliphatic hydroxyl groups excluding tert-OH is 1. The lowest BCUT2D eigenvalue weighted by Crippen LogP contribution is -1.99. The Labute approximate surface area is 95.3 Å². The maximum atomic E-state index is 9.02. The first kappa shape index (κ1) is 10.8. The summed E-state index contributed by atoms with van der Waals surface area (Å²) in [4.78, 5) is 0. The van der Waals surface area contributed by atoms with E-state index in [2.05, 4.69) is 17.6 Å². The van der Waals surface area contributed by atoms with Gasteiger partial charge in [0, 0.05) is 31.7 Å². The van der Waals surface area contributed by atoms with E-state index in [0.29, 0.717) is 0 Å². The highest BCUT2D eigenvalue weighted by molar-refractivity contribution is 5.46. The summed E-state index contributed by atoms with van der Waals surface area (Å²) in [5, 5.41) is 12.3. The molecular weight excluding hydrogens is 200 g/mol. The standard InChI is InChI=1S/C13H16N2O/c1-15-6-5-12(9-15)8-14-13-4-2-3-11(7-13)10-16/h2-7,9,14,16H,8,10H2,1H3. The minimum atomic E-state index is 0.0842. The zero-order valence-corrected chi connectivity index (χ0v) is 9.35. The van der Waals surface area contributed by atoms with Crippen LogP contribution in [-0.4, -0.2) is 9.67 Å². The third kappa shape index (κ3) is 2.64. The number of hydrogen-bond donors (Lipinski definition) is 2. The molecule has 0 saturated heterocycles. The number of benzene rings is 1.